The molecule has 1 heterocycles. The Labute approximate surface area is 173 Å². The van der Waals surface area contributed by atoms with Crippen molar-refractivity contribution >= 4 is 17.7 Å². The van der Waals surface area contributed by atoms with E-state index in [1.165, 1.54) is 29.5 Å². The Morgan fingerprint density at radius 1 is 1.17 bits per heavy atom. The number of benzene rings is 2. The molecule has 0 aliphatic heterocycles. The first-order chi connectivity index (χ1) is 14.1. The molecule has 1 aromatic heterocycles. The van der Waals surface area contributed by atoms with Crippen LogP contribution in [0.5, 0.6) is 0 Å². The van der Waals surface area contributed by atoms with Crippen molar-refractivity contribution in [2.24, 2.45) is 0 Å². The van der Waals surface area contributed by atoms with Gasteiger partial charge in [0.2, 0.25) is 5.91 Å². The summed E-state index contributed by atoms with van der Waals surface area (Å²) in [7, 11) is 0. The van der Waals surface area contributed by atoms with E-state index in [0.29, 0.717) is 12.5 Å². The first-order valence-electron chi connectivity index (χ1n) is 9.75. The third-order valence-corrected chi connectivity index (χ3v) is 5.92. The number of carbonyl (C=O) groups excluding carboxylic acids is 1. The fraction of sp³-hybridized carbons (Fsp3) is 0.318. The Balaban J connectivity index is 1.40. The number of rotatable bonds is 8. The van der Waals surface area contributed by atoms with Crippen molar-refractivity contribution < 1.29 is 9.18 Å². The van der Waals surface area contributed by atoms with Crippen LogP contribution in [-0.2, 0) is 11.3 Å². The zero-order valence-corrected chi connectivity index (χ0v) is 17.0. The summed E-state index contributed by atoms with van der Waals surface area (Å²) in [6, 6.07) is 16.2. The van der Waals surface area contributed by atoms with Crippen LogP contribution in [0.3, 0.4) is 0 Å². The summed E-state index contributed by atoms with van der Waals surface area (Å²) < 4.78 is 15.2. The van der Waals surface area contributed by atoms with Gasteiger partial charge in [0.1, 0.15) is 11.6 Å². The minimum Gasteiger partial charge on any atom is -0.349 e. The van der Waals surface area contributed by atoms with Gasteiger partial charge in [-0.2, -0.15) is 0 Å². The largest absolute Gasteiger partial charge is 0.349 e. The molecule has 0 saturated heterocycles. The molecular weight excluding hydrogens is 387 g/mol. The molecule has 5 nitrogen and oxygen atoms in total. The summed E-state index contributed by atoms with van der Waals surface area (Å²) in [4.78, 5) is 12.4. The van der Waals surface area contributed by atoms with Crippen molar-refractivity contribution in [3.63, 3.8) is 0 Å². The van der Waals surface area contributed by atoms with E-state index < -0.39 is 0 Å². The fourth-order valence-corrected chi connectivity index (χ4v) is 3.97. The van der Waals surface area contributed by atoms with Crippen LogP contribution < -0.4 is 5.32 Å². The van der Waals surface area contributed by atoms with Crippen molar-refractivity contribution in [3.8, 4) is 0 Å². The second-order valence-corrected chi connectivity index (χ2v) is 8.26. The lowest BCUT2D eigenvalue weighted by molar-refractivity contribution is -0.119. The maximum atomic E-state index is 13.1. The highest BCUT2D eigenvalue weighted by molar-refractivity contribution is 7.99. The third kappa shape index (κ3) is 5.03. The lowest BCUT2D eigenvalue weighted by Crippen LogP contribution is -2.28. The van der Waals surface area contributed by atoms with Gasteiger partial charge in [0.15, 0.2) is 5.16 Å². The number of halogens is 1. The smallest absolute Gasteiger partial charge is 0.230 e. The highest BCUT2D eigenvalue weighted by Gasteiger charge is 2.30. The summed E-state index contributed by atoms with van der Waals surface area (Å²) in [5.74, 6) is 1.37. The minimum absolute atomic E-state index is 0.0888. The summed E-state index contributed by atoms with van der Waals surface area (Å²) >= 11 is 1.40. The molecule has 7 heteroatoms. The molecule has 1 aliphatic carbocycles. The number of nitrogens with one attached hydrogen (secondary N) is 1. The second-order valence-electron chi connectivity index (χ2n) is 7.32. The molecule has 0 radical (unpaired) electrons. The number of aromatic nitrogens is 3. The number of thioether (sulfide) groups is 1. The fourth-order valence-electron chi connectivity index (χ4n) is 3.21. The monoisotopic (exact) mass is 410 g/mol. The number of hydrogen-bond acceptors (Lipinski definition) is 4. The van der Waals surface area contributed by atoms with E-state index in [4.69, 9.17) is 0 Å². The van der Waals surface area contributed by atoms with Crippen molar-refractivity contribution in [1.29, 1.82) is 0 Å². The average Bonchev–Trinajstić information content (AvgIpc) is 3.49. The van der Waals surface area contributed by atoms with Crippen LogP contribution in [-0.4, -0.2) is 26.4 Å². The lowest BCUT2D eigenvalue weighted by atomic mass is 10.1. The maximum Gasteiger partial charge on any atom is 0.230 e. The molecule has 0 spiro atoms. The number of hydrogen-bond donors (Lipinski definition) is 1. The minimum atomic E-state index is -0.285. The highest BCUT2D eigenvalue weighted by atomic mass is 32.2. The molecule has 1 N–H and O–H groups in total. The van der Waals surface area contributed by atoms with E-state index in [0.717, 1.165) is 29.4 Å². The van der Waals surface area contributed by atoms with Gasteiger partial charge >= 0.3 is 0 Å². The van der Waals surface area contributed by atoms with Gasteiger partial charge in [0.05, 0.1) is 18.3 Å². The van der Waals surface area contributed by atoms with Crippen molar-refractivity contribution in [2.75, 3.05) is 5.75 Å². The van der Waals surface area contributed by atoms with Gasteiger partial charge in [0.25, 0.3) is 0 Å². The zero-order chi connectivity index (χ0) is 20.2. The highest BCUT2D eigenvalue weighted by Crippen LogP contribution is 2.40. The van der Waals surface area contributed by atoms with E-state index in [1.807, 2.05) is 25.1 Å². The predicted octanol–water partition coefficient (Wildman–Crippen LogP) is 4.31. The first-order valence-corrected chi connectivity index (χ1v) is 10.7. The topological polar surface area (TPSA) is 59.8 Å². The van der Waals surface area contributed by atoms with Gasteiger partial charge in [-0.1, -0.05) is 54.2 Å². The average molecular weight is 411 g/mol. The Morgan fingerprint density at radius 2 is 1.90 bits per heavy atom. The van der Waals surface area contributed by atoms with E-state index in [9.17, 15) is 9.18 Å². The zero-order valence-electron chi connectivity index (χ0n) is 16.2. The van der Waals surface area contributed by atoms with E-state index in [1.54, 1.807) is 12.1 Å². The molecule has 1 fully saturated rings. The second kappa shape index (κ2) is 8.78. The summed E-state index contributed by atoms with van der Waals surface area (Å²) in [6.45, 7) is 2.59. The van der Waals surface area contributed by atoms with Gasteiger partial charge in [0, 0.05) is 5.92 Å². The van der Waals surface area contributed by atoms with Crippen LogP contribution in [0.1, 0.15) is 48.7 Å². The van der Waals surface area contributed by atoms with E-state index in [-0.39, 0.29) is 23.5 Å². The molecule has 1 amide bonds. The summed E-state index contributed by atoms with van der Waals surface area (Å²) in [5.41, 5.74) is 2.05. The molecule has 0 unspecified atom stereocenters. The van der Waals surface area contributed by atoms with Crippen LogP contribution in [0, 0.1) is 5.82 Å². The van der Waals surface area contributed by atoms with Crippen LogP contribution >= 0.6 is 11.8 Å². The Kier molecular flexibility index (Phi) is 5.94. The third-order valence-electron chi connectivity index (χ3n) is 4.95. The van der Waals surface area contributed by atoms with Gasteiger partial charge in [-0.15, -0.1) is 10.2 Å². The maximum absolute atomic E-state index is 13.1. The standard InChI is InChI=1S/C22H23FN4OS/c1-15(17-9-11-19(23)12-10-17)24-20(28)14-29-22-26-25-21(18-7-8-18)27(22)13-16-5-3-2-4-6-16/h2-6,9-12,15,18H,7-8,13-14H2,1H3,(H,24,28)/t15-/m0/s1. The van der Waals surface area contributed by atoms with Gasteiger partial charge < -0.3 is 9.88 Å². The lowest BCUT2D eigenvalue weighted by Gasteiger charge is -2.14. The molecular formula is C22H23FN4OS. The molecule has 1 aliphatic rings. The first kappa shape index (κ1) is 19.6. The van der Waals surface area contributed by atoms with E-state index >= 15 is 0 Å². The normalized spacial score (nSPS) is 14.6. The molecule has 1 saturated carbocycles. The summed E-state index contributed by atoms with van der Waals surface area (Å²) in [5, 5.41) is 12.5. The number of nitrogens with zero attached hydrogens (tertiary/aromatic N) is 3. The molecule has 150 valence electrons. The van der Waals surface area contributed by atoms with Crippen molar-refractivity contribution in [3.05, 3.63) is 77.4 Å². The Hall–Kier alpha value is -2.67. The van der Waals surface area contributed by atoms with E-state index in [2.05, 4.69) is 32.2 Å². The molecule has 29 heavy (non-hydrogen) atoms. The molecule has 2 aromatic carbocycles. The molecule has 3 aromatic rings. The van der Waals surface area contributed by atoms with Gasteiger partial charge in [-0.25, -0.2) is 4.39 Å². The predicted molar refractivity (Wildman–Crippen MR) is 111 cm³/mol. The Morgan fingerprint density at radius 3 is 2.59 bits per heavy atom. The van der Waals surface area contributed by atoms with Gasteiger partial charge in [-0.3, -0.25) is 4.79 Å². The van der Waals surface area contributed by atoms with Crippen molar-refractivity contribution in [1.82, 2.24) is 20.1 Å². The SMILES string of the molecule is C[C@H](NC(=O)CSc1nnc(C2CC2)n1Cc1ccccc1)c1ccc(F)cc1. The van der Waals surface area contributed by atoms with Gasteiger partial charge in [-0.05, 0) is 43.0 Å². The number of carbonyl (C=O) groups is 1. The molecule has 4 rings (SSSR count). The van der Waals surface area contributed by atoms with Crippen LogP contribution in [0.2, 0.25) is 0 Å². The summed E-state index contributed by atoms with van der Waals surface area (Å²) in [6.07, 6.45) is 2.29. The Bertz CT molecular complexity index is 970. The van der Waals surface area contributed by atoms with Crippen LogP contribution in [0.25, 0.3) is 0 Å². The number of amides is 1. The van der Waals surface area contributed by atoms with Crippen LogP contribution in [0.4, 0.5) is 4.39 Å². The van der Waals surface area contributed by atoms with Crippen LogP contribution in [0.15, 0.2) is 59.8 Å². The van der Waals surface area contributed by atoms with Crippen molar-refractivity contribution in [2.45, 2.75) is 43.4 Å². The molecule has 1 atom stereocenters. The quantitative estimate of drug-likeness (QED) is 0.562. The molecule has 0 bridgehead atoms.